The van der Waals surface area contributed by atoms with Gasteiger partial charge in [0.1, 0.15) is 15.7 Å². The zero-order chi connectivity index (χ0) is 13.8. The summed E-state index contributed by atoms with van der Waals surface area (Å²) in [5, 5.41) is 0. The molecule has 1 aromatic carbocycles. The van der Waals surface area contributed by atoms with Gasteiger partial charge in [-0.2, -0.15) is 0 Å². The van der Waals surface area contributed by atoms with Gasteiger partial charge in [-0.15, -0.1) is 0 Å². The van der Waals surface area contributed by atoms with Crippen LogP contribution in [0.3, 0.4) is 0 Å². The van der Waals surface area contributed by atoms with Crippen molar-refractivity contribution in [1.82, 2.24) is 0 Å². The maximum atomic E-state index is 13.6. The Morgan fingerprint density at radius 1 is 1.39 bits per heavy atom. The van der Waals surface area contributed by atoms with Crippen LogP contribution in [0.2, 0.25) is 0 Å². The van der Waals surface area contributed by atoms with Crippen molar-refractivity contribution in [2.75, 3.05) is 17.8 Å². The Bertz CT molecular complexity index is 543. The highest BCUT2D eigenvalue weighted by Crippen LogP contribution is 2.12. The molecule has 4 nitrogen and oxygen atoms in total. The molecule has 0 saturated heterocycles. The van der Waals surface area contributed by atoms with Crippen LogP contribution in [0.15, 0.2) is 18.2 Å². The fraction of sp³-hybridized carbons (Fsp3) is 0.455. The van der Waals surface area contributed by atoms with Gasteiger partial charge >= 0.3 is 0 Å². The normalized spacial score (nSPS) is 13.5. The van der Waals surface area contributed by atoms with Crippen LogP contribution in [0.25, 0.3) is 0 Å². The molecule has 7 heteroatoms. The van der Waals surface area contributed by atoms with E-state index < -0.39 is 26.5 Å². The van der Waals surface area contributed by atoms with E-state index in [2.05, 4.69) is 0 Å². The van der Waals surface area contributed by atoms with E-state index in [0.29, 0.717) is 11.1 Å². The standard InChI is InChI=1S/C11H16FNO3S2/c1-18(15,16)5-4-17(14)8-10-3-2-9(7-13)6-11(10)12/h2-3,6H,4-5,7-8,13H2,1H3. The fourth-order valence-corrected chi connectivity index (χ4v) is 4.00. The molecule has 0 fully saturated rings. The number of benzene rings is 1. The highest BCUT2D eigenvalue weighted by atomic mass is 32.2. The lowest BCUT2D eigenvalue weighted by Crippen LogP contribution is -2.13. The van der Waals surface area contributed by atoms with Crippen LogP contribution in [0.4, 0.5) is 4.39 Å². The SMILES string of the molecule is CS(=O)(=O)CCS(=O)Cc1ccc(CN)cc1F. The van der Waals surface area contributed by atoms with Crippen LogP contribution in [0.5, 0.6) is 0 Å². The van der Waals surface area contributed by atoms with Crippen molar-refractivity contribution in [1.29, 1.82) is 0 Å². The Hall–Kier alpha value is -0.790. The fourth-order valence-electron chi connectivity index (χ4n) is 1.32. The molecule has 0 aliphatic carbocycles. The summed E-state index contributed by atoms with van der Waals surface area (Å²) in [7, 11) is -4.52. The van der Waals surface area contributed by atoms with Gasteiger partial charge in [-0.25, -0.2) is 12.8 Å². The molecule has 18 heavy (non-hydrogen) atoms. The van der Waals surface area contributed by atoms with Crippen LogP contribution in [0.1, 0.15) is 11.1 Å². The first-order valence-corrected chi connectivity index (χ1v) is 8.87. The molecule has 0 amide bonds. The highest BCUT2D eigenvalue weighted by Gasteiger charge is 2.10. The van der Waals surface area contributed by atoms with Gasteiger partial charge in [-0.1, -0.05) is 12.1 Å². The number of hydrogen-bond acceptors (Lipinski definition) is 4. The van der Waals surface area contributed by atoms with Crippen LogP contribution in [0, 0.1) is 5.82 Å². The monoisotopic (exact) mass is 293 g/mol. The van der Waals surface area contributed by atoms with Crippen LogP contribution in [-0.2, 0) is 32.9 Å². The van der Waals surface area contributed by atoms with Gasteiger partial charge in [0.25, 0.3) is 0 Å². The summed E-state index contributed by atoms with van der Waals surface area (Å²) in [6.45, 7) is 0.244. The van der Waals surface area contributed by atoms with Crippen molar-refractivity contribution >= 4 is 20.6 Å². The molecule has 2 N–H and O–H groups in total. The molecule has 1 unspecified atom stereocenters. The molecular formula is C11H16FNO3S2. The van der Waals surface area contributed by atoms with Gasteiger partial charge in [-0.3, -0.25) is 4.21 Å². The zero-order valence-electron chi connectivity index (χ0n) is 10.1. The van der Waals surface area contributed by atoms with Crippen molar-refractivity contribution in [2.24, 2.45) is 5.73 Å². The Morgan fingerprint density at radius 2 is 2.06 bits per heavy atom. The third-order valence-electron chi connectivity index (χ3n) is 2.35. The van der Waals surface area contributed by atoms with E-state index in [1.54, 1.807) is 6.07 Å². The molecule has 0 heterocycles. The zero-order valence-corrected chi connectivity index (χ0v) is 11.7. The molecule has 0 bridgehead atoms. The predicted octanol–water partition coefficient (Wildman–Crippen LogP) is 0.578. The first-order chi connectivity index (χ1) is 8.31. The molecule has 102 valence electrons. The highest BCUT2D eigenvalue weighted by molar-refractivity contribution is 7.92. The second-order valence-electron chi connectivity index (χ2n) is 4.05. The summed E-state index contributed by atoms with van der Waals surface area (Å²) in [6, 6.07) is 4.52. The summed E-state index contributed by atoms with van der Waals surface area (Å²) < 4.78 is 47.0. The van der Waals surface area contributed by atoms with Crippen molar-refractivity contribution in [3.05, 3.63) is 35.1 Å². The number of nitrogens with two attached hydrogens (primary N) is 1. The minimum absolute atomic E-state index is 0.0200. The minimum atomic E-state index is -3.14. The Labute approximate surface area is 109 Å². The van der Waals surface area contributed by atoms with E-state index >= 15 is 0 Å². The van der Waals surface area contributed by atoms with Crippen LogP contribution in [-0.4, -0.2) is 30.4 Å². The third kappa shape index (κ3) is 5.24. The third-order valence-corrected chi connectivity index (χ3v) is 4.85. The van der Waals surface area contributed by atoms with Crippen molar-refractivity contribution in [3.8, 4) is 0 Å². The second-order valence-corrected chi connectivity index (χ2v) is 7.88. The molecule has 0 aromatic heterocycles. The number of sulfone groups is 1. The minimum Gasteiger partial charge on any atom is -0.326 e. The van der Waals surface area contributed by atoms with Crippen molar-refractivity contribution in [3.63, 3.8) is 0 Å². The maximum Gasteiger partial charge on any atom is 0.148 e. The first kappa shape index (κ1) is 15.3. The molecule has 1 aromatic rings. The molecule has 0 spiro atoms. The van der Waals surface area contributed by atoms with Gasteiger partial charge in [0.15, 0.2) is 0 Å². The molecule has 0 aliphatic heterocycles. The molecule has 0 saturated carbocycles. The number of rotatable bonds is 6. The van der Waals surface area contributed by atoms with Gasteiger partial charge in [0.05, 0.1) is 11.5 Å². The Kier molecular flexibility index (Phi) is 5.43. The molecular weight excluding hydrogens is 277 g/mol. The summed E-state index contributed by atoms with van der Waals surface area (Å²) in [5.74, 6) is -0.559. The van der Waals surface area contributed by atoms with Crippen LogP contribution < -0.4 is 5.73 Å². The van der Waals surface area contributed by atoms with E-state index in [1.807, 2.05) is 0 Å². The van der Waals surface area contributed by atoms with E-state index in [1.165, 1.54) is 12.1 Å². The average Bonchev–Trinajstić information content (AvgIpc) is 2.28. The van der Waals surface area contributed by atoms with E-state index in [-0.39, 0.29) is 23.8 Å². The summed E-state index contributed by atoms with van der Waals surface area (Å²) in [4.78, 5) is 0. The molecule has 1 rings (SSSR count). The van der Waals surface area contributed by atoms with Gasteiger partial charge in [-0.05, 0) is 11.6 Å². The quantitative estimate of drug-likeness (QED) is 0.832. The van der Waals surface area contributed by atoms with Gasteiger partial charge in [0.2, 0.25) is 0 Å². The predicted molar refractivity (Wildman–Crippen MR) is 70.7 cm³/mol. The first-order valence-electron chi connectivity index (χ1n) is 5.32. The number of hydrogen-bond donors (Lipinski definition) is 1. The lowest BCUT2D eigenvalue weighted by molar-refractivity contribution is 0.602. The maximum absolute atomic E-state index is 13.6. The van der Waals surface area contributed by atoms with Crippen LogP contribution >= 0.6 is 0 Å². The summed E-state index contributed by atoms with van der Waals surface area (Å²) >= 11 is 0. The smallest absolute Gasteiger partial charge is 0.148 e. The molecule has 1 atom stereocenters. The van der Waals surface area contributed by atoms with Gasteiger partial charge < -0.3 is 5.73 Å². The van der Waals surface area contributed by atoms with Gasteiger partial charge in [0, 0.05) is 34.9 Å². The Morgan fingerprint density at radius 3 is 2.56 bits per heavy atom. The second kappa shape index (κ2) is 6.40. The van der Waals surface area contributed by atoms with E-state index in [4.69, 9.17) is 5.73 Å². The van der Waals surface area contributed by atoms with Crippen molar-refractivity contribution in [2.45, 2.75) is 12.3 Å². The molecule has 0 radical (unpaired) electrons. The lowest BCUT2D eigenvalue weighted by atomic mass is 10.1. The average molecular weight is 293 g/mol. The largest absolute Gasteiger partial charge is 0.326 e. The van der Waals surface area contributed by atoms with Crippen molar-refractivity contribution < 1.29 is 17.0 Å². The molecule has 0 aliphatic rings. The topological polar surface area (TPSA) is 77.2 Å². The van der Waals surface area contributed by atoms with E-state index in [9.17, 15) is 17.0 Å². The summed E-state index contributed by atoms with van der Waals surface area (Å²) in [6.07, 6.45) is 1.08. The Balaban J connectivity index is 2.65. The number of halogens is 1. The summed E-state index contributed by atoms with van der Waals surface area (Å²) in [5.41, 5.74) is 6.36. The van der Waals surface area contributed by atoms with E-state index in [0.717, 1.165) is 6.26 Å². The lowest BCUT2D eigenvalue weighted by Gasteiger charge is -2.05.